The molecule has 0 aliphatic heterocycles. The van der Waals surface area contributed by atoms with Gasteiger partial charge in [-0.15, -0.1) is 0 Å². The van der Waals surface area contributed by atoms with Crippen LogP contribution in [0.15, 0.2) is 0 Å². The maximum Gasteiger partial charge on any atom is 0.303 e. The summed E-state index contributed by atoms with van der Waals surface area (Å²) in [5.74, 6) is 0.393. The maximum atomic E-state index is 11.9. The van der Waals surface area contributed by atoms with Gasteiger partial charge in [-0.2, -0.15) is 0 Å². The average molecular weight is 269 g/mol. The Morgan fingerprint density at radius 1 is 1.21 bits per heavy atom. The summed E-state index contributed by atoms with van der Waals surface area (Å²) in [5, 5.41) is 11.8. The van der Waals surface area contributed by atoms with Gasteiger partial charge in [0.05, 0.1) is 6.42 Å². The van der Waals surface area contributed by atoms with Gasteiger partial charge in [-0.3, -0.25) is 9.59 Å². The standard InChI is InChI=1S/C15H27NO3/c1-11-6-4-5-7-12(11)10-16-13(17)8-15(2,3)9-14(18)19/h11-12H,4-10H2,1-3H3,(H,16,17)(H,18,19). The minimum atomic E-state index is -0.848. The molecule has 2 atom stereocenters. The first-order valence-electron chi connectivity index (χ1n) is 7.29. The monoisotopic (exact) mass is 269 g/mol. The van der Waals surface area contributed by atoms with Gasteiger partial charge < -0.3 is 10.4 Å². The quantitative estimate of drug-likeness (QED) is 0.779. The van der Waals surface area contributed by atoms with Crippen LogP contribution in [0.25, 0.3) is 0 Å². The third-order valence-corrected chi connectivity index (χ3v) is 4.12. The summed E-state index contributed by atoms with van der Waals surface area (Å²) in [6.07, 6.45) is 5.32. The van der Waals surface area contributed by atoms with Gasteiger partial charge in [0.1, 0.15) is 0 Å². The van der Waals surface area contributed by atoms with E-state index in [1.54, 1.807) is 0 Å². The molecule has 0 spiro atoms. The number of carboxylic acids is 1. The van der Waals surface area contributed by atoms with E-state index in [1.165, 1.54) is 25.7 Å². The summed E-state index contributed by atoms with van der Waals surface area (Å²) in [6, 6.07) is 0. The highest BCUT2D eigenvalue weighted by molar-refractivity contribution is 5.77. The average Bonchev–Trinajstić information content (AvgIpc) is 2.25. The molecule has 1 rings (SSSR count). The lowest BCUT2D eigenvalue weighted by Crippen LogP contribution is -2.36. The van der Waals surface area contributed by atoms with Gasteiger partial charge in [0, 0.05) is 13.0 Å². The second-order valence-corrected chi connectivity index (χ2v) is 6.74. The third kappa shape index (κ3) is 6.08. The highest BCUT2D eigenvalue weighted by atomic mass is 16.4. The largest absolute Gasteiger partial charge is 0.481 e. The highest BCUT2D eigenvalue weighted by Gasteiger charge is 2.26. The van der Waals surface area contributed by atoms with Crippen LogP contribution in [-0.4, -0.2) is 23.5 Å². The molecule has 4 heteroatoms. The zero-order valence-corrected chi connectivity index (χ0v) is 12.4. The Morgan fingerprint density at radius 3 is 2.42 bits per heavy atom. The normalized spacial score (nSPS) is 23.9. The molecule has 0 radical (unpaired) electrons. The predicted octanol–water partition coefficient (Wildman–Crippen LogP) is 2.82. The van der Waals surface area contributed by atoms with Gasteiger partial charge in [0.15, 0.2) is 0 Å². The van der Waals surface area contributed by atoms with Crippen LogP contribution in [0.1, 0.15) is 59.3 Å². The third-order valence-electron chi connectivity index (χ3n) is 4.12. The summed E-state index contributed by atoms with van der Waals surface area (Å²) in [6.45, 7) is 6.64. The first kappa shape index (κ1) is 16.0. The first-order chi connectivity index (χ1) is 8.80. The fourth-order valence-corrected chi connectivity index (χ4v) is 2.91. The van der Waals surface area contributed by atoms with E-state index in [0.29, 0.717) is 11.8 Å². The van der Waals surface area contributed by atoms with E-state index in [2.05, 4.69) is 12.2 Å². The fraction of sp³-hybridized carbons (Fsp3) is 0.867. The molecule has 0 heterocycles. The topological polar surface area (TPSA) is 66.4 Å². The number of nitrogens with one attached hydrogen (secondary N) is 1. The van der Waals surface area contributed by atoms with Gasteiger partial charge >= 0.3 is 5.97 Å². The number of hydrogen-bond acceptors (Lipinski definition) is 2. The smallest absolute Gasteiger partial charge is 0.303 e. The number of rotatable bonds is 6. The Morgan fingerprint density at radius 2 is 1.84 bits per heavy atom. The fourth-order valence-electron chi connectivity index (χ4n) is 2.91. The van der Waals surface area contributed by atoms with Crippen molar-refractivity contribution in [1.82, 2.24) is 5.32 Å². The lowest BCUT2D eigenvalue weighted by molar-refractivity contribution is -0.139. The van der Waals surface area contributed by atoms with Gasteiger partial charge in [-0.05, 0) is 23.7 Å². The lowest BCUT2D eigenvalue weighted by atomic mass is 9.80. The number of amides is 1. The van der Waals surface area contributed by atoms with Crippen molar-refractivity contribution in [3.8, 4) is 0 Å². The van der Waals surface area contributed by atoms with Gasteiger partial charge in [-0.1, -0.05) is 40.0 Å². The molecule has 1 saturated carbocycles. The van der Waals surface area contributed by atoms with E-state index in [9.17, 15) is 9.59 Å². The zero-order chi connectivity index (χ0) is 14.5. The number of carbonyl (C=O) groups is 2. The summed E-state index contributed by atoms with van der Waals surface area (Å²) < 4.78 is 0. The van der Waals surface area contributed by atoms with Crippen molar-refractivity contribution in [2.45, 2.75) is 59.3 Å². The van der Waals surface area contributed by atoms with Crippen molar-refractivity contribution in [3.63, 3.8) is 0 Å². The van der Waals surface area contributed by atoms with E-state index in [-0.39, 0.29) is 18.7 Å². The van der Waals surface area contributed by atoms with E-state index >= 15 is 0 Å². The van der Waals surface area contributed by atoms with Crippen LogP contribution >= 0.6 is 0 Å². The van der Waals surface area contributed by atoms with Crippen LogP contribution in [-0.2, 0) is 9.59 Å². The molecule has 0 aromatic heterocycles. The van der Waals surface area contributed by atoms with Gasteiger partial charge in [0.2, 0.25) is 5.91 Å². The maximum absolute atomic E-state index is 11.9. The molecule has 110 valence electrons. The summed E-state index contributed by atoms with van der Waals surface area (Å²) >= 11 is 0. The Kier molecular flexibility index (Phi) is 5.83. The summed E-state index contributed by atoms with van der Waals surface area (Å²) in [4.78, 5) is 22.6. The molecule has 1 fully saturated rings. The van der Waals surface area contributed by atoms with E-state index in [4.69, 9.17) is 5.11 Å². The minimum Gasteiger partial charge on any atom is -0.481 e. The molecule has 0 aromatic rings. The van der Waals surface area contributed by atoms with Crippen molar-refractivity contribution in [3.05, 3.63) is 0 Å². The first-order valence-corrected chi connectivity index (χ1v) is 7.29. The minimum absolute atomic E-state index is 0.0241. The van der Waals surface area contributed by atoms with Crippen molar-refractivity contribution >= 4 is 11.9 Å². The van der Waals surface area contributed by atoms with Crippen molar-refractivity contribution in [1.29, 1.82) is 0 Å². The van der Waals surface area contributed by atoms with Crippen LogP contribution in [0.4, 0.5) is 0 Å². The van der Waals surface area contributed by atoms with Gasteiger partial charge in [0.25, 0.3) is 0 Å². The Balaban J connectivity index is 2.32. The molecule has 1 aliphatic rings. The molecular weight excluding hydrogens is 242 g/mol. The van der Waals surface area contributed by atoms with E-state index < -0.39 is 11.4 Å². The lowest BCUT2D eigenvalue weighted by Gasteiger charge is -2.29. The SMILES string of the molecule is CC1CCCCC1CNC(=O)CC(C)(C)CC(=O)O. The van der Waals surface area contributed by atoms with Crippen LogP contribution in [0.5, 0.6) is 0 Å². The number of carboxylic acid groups (broad SMARTS) is 1. The molecule has 2 unspecified atom stereocenters. The summed E-state index contributed by atoms with van der Waals surface area (Å²) in [7, 11) is 0. The second-order valence-electron chi connectivity index (χ2n) is 6.74. The number of carbonyl (C=O) groups excluding carboxylic acids is 1. The van der Waals surface area contributed by atoms with Crippen molar-refractivity contribution in [2.75, 3.05) is 6.54 Å². The number of hydrogen-bond donors (Lipinski definition) is 2. The van der Waals surface area contributed by atoms with Crippen molar-refractivity contribution in [2.24, 2.45) is 17.3 Å². The molecule has 19 heavy (non-hydrogen) atoms. The highest BCUT2D eigenvalue weighted by Crippen LogP contribution is 2.29. The van der Waals surface area contributed by atoms with Crippen LogP contribution in [0.2, 0.25) is 0 Å². The van der Waals surface area contributed by atoms with Crippen LogP contribution in [0.3, 0.4) is 0 Å². The van der Waals surface area contributed by atoms with E-state index in [1.807, 2.05) is 13.8 Å². The molecule has 0 aromatic carbocycles. The zero-order valence-electron chi connectivity index (χ0n) is 12.4. The van der Waals surface area contributed by atoms with Gasteiger partial charge in [-0.25, -0.2) is 0 Å². The molecular formula is C15H27NO3. The van der Waals surface area contributed by atoms with Crippen LogP contribution in [0, 0.1) is 17.3 Å². The summed E-state index contributed by atoms with van der Waals surface area (Å²) in [5.41, 5.74) is -0.478. The van der Waals surface area contributed by atoms with E-state index in [0.717, 1.165) is 6.54 Å². The Hall–Kier alpha value is -1.06. The molecule has 1 amide bonds. The van der Waals surface area contributed by atoms with Crippen LogP contribution < -0.4 is 5.32 Å². The Labute approximate surface area is 116 Å². The predicted molar refractivity (Wildman–Crippen MR) is 74.8 cm³/mol. The second kappa shape index (κ2) is 6.92. The molecule has 2 N–H and O–H groups in total. The molecule has 0 saturated heterocycles. The molecule has 1 aliphatic carbocycles. The number of aliphatic carboxylic acids is 1. The molecule has 4 nitrogen and oxygen atoms in total. The van der Waals surface area contributed by atoms with Crippen molar-refractivity contribution < 1.29 is 14.7 Å². The molecule has 0 bridgehead atoms. The Bertz CT molecular complexity index is 325.